The summed E-state index contributed by atoms with van der Waals surface area (Å²) in [6, 6.07) is 11.6. The molecule has 1 amide bonds. The van der Waals surface area contributed by atoms with Crippen LogP contribution in [0.3, 0.4) is 0 Å². The minimum atomic E-state index is 0.167. The number of piperazine rings is 1. The zero-order valence-electron chi connectivity index (χ0n) is 14.6. The van der Waals surface area contributed by atoms with Crippen molar-refractivity contribution in [1.29, 1.82) is 0 Å². The average Bonchev–Trinajstić information content (AvgIpc) is 3.10. The van der Waals surface area contributed by atoms with Crippen LogP contribution in [0.2, 0.25) is 0 Å². The summed E-state index contributed by atoms with van der Waals surface area (Å²) < 4.78 is 0. The molecule has 26 heavy (non-hydrogen) atoms. The second-order valence-corrected chi connectivity index (χ2v) is 6.60. The summed E-state index contributed by atoms with van der Waals surface area (Å²) in [5.41, 5.74) is 2.31. The van der Waals surface area contributed by atoms with Gasteiger partial charge in [-0.1, -0.05) is 18.2 Å². The van der Waals surface area contributed by atoms with E-state index >= 15 is 0 Å². The Hall–Kier alpha value is -3.02. The molecule has 0 aliphatic carbocycles. The van der Waals surface area contributed by atoms with Crippen molar-refractivity contribution >= 4 is 22.6 Å². The number of carbonyl (C=O) groups is 1. The fraction of sp³-hybridized carbons (Fsp3) is 0.300. The number of aromatic amines is 1. The van der Waals surface area contributed by atoms with Crippen LogP contribution in [0.5, 0.6) is 5.75 Å². The lowest BCUT2D eigenvalue weighted by Crippen LogP contribution is -2.49. The molecule has 6 nitrogen and oxygen atoms in total. The molecule has 0 spiro atoms. The van der Waals surface area contributed by atoms with E-state index in [1.807, 2.05) is 29.3 Å². The molecule has 0 saturated carbocycles. The van der Waals surface area contributed by atoms with E-state index in [-0.39, 0.29) is 11.7 Å². The van der Waals surface area contributed by atoms with Crippen molar-refractivity contribution < 1.29 is 9.90 Å². The minimum absolute atomic E-state index is 0.167. The SMILES string of the molecule is O=C(CCc1c[nH]c2ccccc12)N1CCN(c2ccc(O)cn2)CC1. The zero-order chi connectivity index (χ0) is 17.9. The van der Waals surface area contributed by atoms with Gasteiger partial charge < -0.3 is 19.9 Å². The van der Waals surface area contributed by atoms with Crippen molar-refractivity contribution in [2.45, 2.75) is 12.8 Å². The predicted molar refractivity (Wildman–Crippen MR) is 101 cm³/mol. The number of carbonyl (C=O) groups excluding carboxylic acids is 1. The largest absolute Gasteiger partial charge is 0.506 e. The van der Waals surface area contributed by atoms with E-state index in [0.29, 0.717) is 19.5 Å². The Bertz CT molecular complexity index is 896. The highest BCUT2D eigenvalue weighted by Crippen LogP contribution is 2.20. The molecule has 1 aliphatic rings. The maximum Gasteiger partial charge on any atom is 0.223 e. The number of nitrogens with zero attached hydrogens (tertiary/aromatic N) is 3. The van der Waals surface area contributed by atoms with Crippen molar-refractivity contribution in [2.24, 2.45) is 0 Å². The molecule has 1 saturated heterocycles. The lowest BCUT2D eigenvalue weighted by Gasteiger charge is -2.35. The number of aromatic hydroxyl groups is 1. The van der Waals surface area contributed by atoms with Crippen LogP contribution >= 0.6 is 0 Å². The highest BCUT2D eigenvalue weighted by Gasteiger charge is 2.21. The molecule has 3 heterocycles. The maximum absolute atomic E-state index is 12.6. The highest BCUT2D eigenvalue weighted by atomic mass is 16.3. The van der Waals surface area contributed by atoms with Crippen LogP contribution in [0.4, 0.5) is 5.82 Å². The number of nitrogens with one attached hydrogen (secondary N) is 1. The first kappa shape index (κ1) is 16.4. The van der Waals surface area contributed by atoms with Crippen LogP contribution in [0.15, 0.2) is 48.8 Å². The van der Waals surface area contributed by atoms with Gasteiger partial charge >= 0.3 is 0 Å². The van der Waals surface area contributed by atoms with Gasteiger partial charge in [0, 0.05) is 49.7 Å². The first-order valence-electron chi connectivity index (χ1n) is 8.93. The van der Waals surface area contributed by atoms with Crippen LogP contribution in [-0.4, -0.2) is 52.1 Å². The topological polar surface area (TPSA) is 72.5 Å². The van der Waals surface area contributed by atoms with Gasteiger partial charge in [-0.05, 0) is 30.2 Å². The van der Waals surface area contributed by atoms with Crippen molar-refractivity contribution in [3.05, 3.63) is 54.4 Å². The fourth-order valence-electron chi connectivity index (χ4n) is 3.49. The van der Waals surface area contributed by atoms with Crippen molar-refractivity contribution in [1.82, 2.24) is 14.9 Å². The molecule has 1 fully saturated rings. The molecule has 134 valence electrons. The number of aromatic nitrogens is 2. The summed E-state index contributed by atoms with van der Waals surface area (Å²) in [4.78, 5) is 24.1. The normalized spacial score (nSPS) is 14.8. The standard InChI is InChI=1S/C20H22N4O2/c25-16-6-7-19(22-14-16)23-9-11-24(12-10-23)20(26)8-5-15-13-21-18-4-2-1-3-17(15)18/h1-4,6-7,13-14,21,25H,5,8-12H2. The Morgan fingerprint density at radius 2 is 1.92 bits per heavy atom. The van der Waals surface area contributed by atoms with E-state index < -0.39 is 0 Å². The third-order valence-corrected chi connectivity index (χ3v) is 4.97. The van der Waals surface area contributed by atoms with Gasteiger partial charge in [0.2, 0.25) is 5.91 Å². The van der Waals surface area contributed by atoms with Crippen LogP contribution in [-0.2, 0) is 11.2 Å². The van der Waals surface area contributed by atoms with Crippen molar-refractivity contribution in [3.63, 3.8) is 0 Å². The molecule has 6 heteroatoms. The maximum atomic E-state index is 12.6. The highest BCUT2D eigenvalue weighted by molar-refractivity contribution is 5.84. The average molecular weight is 350 g/mol. The first-order chi connectivity index (χ1) is 12.7. The number of benzene rings is 1. The number of rotatable bonds is 4. The van der Waals surface area contributed by atoms with E-state index in [1.54, 1.807) is 6.07 Å². The Balaban J connectivity index is 1.31. The number of anilines is 1. The molecule has 0 radical (unpaired) electrons. The number of aryl methyl sites for hydroxylation is 1. The van der Waals surface area contributed by atoms with Crippen molar-refractivity contribution in [3.8, 4) is 5.75 Å². The Morgan fingerprint density at radius 3 is 2.69 bits per heavy atom. The van der Waals surface area contributed by atoms with Gasteiger partial charge in [0.1, 0.15) is 11.6 Å². The Labute approximate surface area is 152 Å². The van der Waals surface area contributed by atoms with Gasteiger partial charge in [-0.25, -0.2) is 4.98 Å². The molecule has 4 rings (SSSR count). The number of amides is 1. The second-order valence-electron chi connectivity index (χ2n) is 6.60. The number of para-hydroxylation sites is 1. The van der Waals surface area contributed by atoms with Gasteiger partial charge in [-0.3, -0.25) is 4.79 Å². The van der Waals surface area contributed by atoms with Crippen LogP contribution in [0, 0.1) is 0 Å². The van der Waals surface area contributed by atoms with Crippen LogP contribution in [0.25, 0.3) is 10.9 Å². The van der Waals surface area contributed by atoms with Gasteiger partial charge in [0.05, 0.1) is 6.20 Å². The van der Waals surface area contributed by atoms with E-state index in [9.17, 15) is 9.90 Å². The summed E-state index contributed by atoms with van der Waals surface area (Å²) in [6.45, 7) is 2.93. The van der Waals surface area contributed by atoms with Gasteiger partial charge in [-0.2, -0.15) is 0 Å². The molecule has 2 N–H and O–H groups in total. The lowest BCUT2D eigenvalue weighted by molar-refractivity contribution is -0.131. The van der Waals surface area contributed by atoms with E-state index in [1.165, 1.54) is 17.1 Å². The Morgan fingerprint density at radius 1 is 1.12 bits per heavy atom. The monoisotopic (exact) mass is 350 g/mol. The summed E-state index contributed by atoms with van der Waals surface area (Å²) in [7, 11) is 0. The molecule has 2 aromatic heterocycles. The number of pyridine rings is 1. The quantitative estimate of drug-likeness (QED) is 0.758. The second kappa shape index (κ2) is 7.07. The van der Waals surface area contributed by atoms with Gasteiger partial charge in [0.25, 0.3) is 0 Å². The lowest BCUT2D eigenvalue weighted by atomic mass is 10.1. The molecule has 0 bridgehead atoms. The smallest absolute Gasteiger partial charge is 0.223 e. The van der Waals surface area contributed by atoms with Crippen LogP contribution in [0.1, 0.15) is 12.0 Å². The number of fused-ring (bicyclic) bond motifs is 1. The summed E-state index contributed by atoms with van der Waals surface area (Å²) in [6.07, 6.45) is 4.74. The molecule has 0 atom stereocenters. The number of H-pyrrole nitrogens is 1. The number of hydrogen-bond acceptors (Lipinski definition) is 4. The predicted octanol–water partition coefficient (Wildman–Crippen LogP) is 2.55. The van der Waals surface area contributed by atoms with Crippen LogP contribution < -0.4 is 4.90 Å². The molecular weight excluding hydrogens is 328 g/mol. The fourth-order valence-corrected chi connectivity index (χ4v) is 3.49. The minimum Gasteiger partial charge on any atom is -0.506 e. The van der Waals surface area contributed by atoms with E-state index in [2.05, 4.69) is 27.0 Å². The number of hydrogen-bond donors (Lipinski definition) is 2. The molecular formula is C20H22N4O2. The van der Waals surface area contributed by atoms with E-state index in [0.717, 1.165) is 30.8 Å². The van der Waals surface area contributed by atoms with Gasteiger partial charge in [-0.15, -0.1) is 0 Å². The summed E-state index contributed by atoms with van der Waals surface area (Å²) in [5.74, 6) is 1.21. The summed E-state index contributed by atoms with van der Waals surface area (Å²) >= 11 is 0. The van der Waals surface area contributed by atoms with E-state index in [4.69, 9.17) is 0 Å². The van der Waals surface area contributed by atoms with Gasteiger partial charge in [0.15, 0.2) is 0 Å². The molecule has 1 aliphatic heterocycles. The van der Waals surface area contributed by atoms with Crippen molar-refractivity contribution in [2.75, 3.05) is 31.1 Å². The summed E-state index contributed by atoms with van der Waals surface area (Å²) in [5, 5.41) is 10.5. The molecule has 3 aromatic rings. The zero-order valence-corrected chi connectivity index (χ0v) is 14.6. The molecule has 1 aromatic carbocycles. The molecule has 0 unspecified atom stereocenters. The third kappa shape index (κ3) is 3.35. The first-order valence-corrected chi connectivity index (χ1v) is 8.93. The third-order valence-electron chi connectivity index (χ3n) is 4.97. The Kier molecular flexibility index (Phi) is 4.48.